The summed E-state index contributed by atoms with van der Waals surface area (Å²) in [5.41, 5.74) is 1.50. The highest BCUT2D eigenvalue weighted by Gasteiger charge is 2.13. The summed E-state index contributed by atoms with van der Waals surface area (Å²) < 4.78 is 26.5. The van der Waals surface area contributed by atoms with Crippen LogP contribution in [0.3, 0.4) is 0 Å². The van der Waals surface area contributed by atoms with E-state index in [0.29, 0.717) is 23.6 Å². The van der Waals surface area contributed by atoms with Crippen molar-refractivity contribution in [1.29, 1.82) is 0 Å². The van der Waals surface area contributed by atoms with E-state index in [1.807, 2.05) is 6.92 Å². The van der Waals surface area contributed by atoms with Crippen molar-refractivity contribution >= 4 is 21.6 Å². The maximum atomic E-state index is 12.0. The van der Waals surface area contributed by atoms with Gasteiger partial charge in [0.2, 0.25) is 10.0 Å². The molecule has 0 spiro atoms. The predicted molar refractivity (Wildman–Crippen MR) is 79.1 cm³/mol. The van der Waals surface area contributed by atoms with Crippen LogP contribution in [0.2, 0.25) is 5.02 Å². The molecular weight excluding hydrogens is 298 g/mol. The van der Waals surface area contributed by atoms with Gasteiger partial charge >= 0.3 is 0 Å². The van der Waals surface area contributed by atoms with Crippen LogP contribution in [0.5, 0.6) is 0 Å². The third kappa shape index (κ3) is 4.33. The van der Waals surface area contributed by atoms with E-state index in [9.17, 15) is 8.42 Å². The maximum Gasteiger partial charge on any atom is 0.215 e. The Bertz CT molecular complexity index is 682. The van der Waals surface area contributed by atoms with Crippen LogP contribution in [0, 0.1) is 6.92 Å². The molecule has 0 aliphatic carbocycles. The molecule has 0 unspecified atom stereocenters. The Labute approximate surface area is 123 Å². The summed E-state index contributed by atoms with van der Waals surface area (Å²) in [5, 5.41) is 0.460. The van der Waals surface area contributed by atoms with Crippen LogP contribution < -0.4 is 4.72 Å². The van der Waals surface area contributed by atoms with Gasteiger partial charge in [-0.15, -0.1) is 0 Å². The second-order valence-electron chi connectivity index (χ2n) is 4.49. The van der Waals surface area contributed by atoms with Gasteiger partial charge in [0.15, 0.2) is 0 Å². The number of aryl methyl sites for hydroxylation is 1. The van der Waals surface area contributed by atoms with Crippen molar-refractivity contribution in [3.05, 3.63) is 52.6 Å². The standard InChI is InChI=1S/C13H16ClN3O2S/c1-10-15-8-12(17-10)6-7-16-20(18,19)9-11-4-2-3-5-13(11)14/h2-5,8,16H,6-7,9H2,1H3,(H,15,17). The first-order chi connectivity index (χ1) is 9.46. The Balaban J connectivity index is 1.90. The van der Waals surface area contributed by atoms with Crippen LogP contribution in [-0.2, 0) is 22.2 Å². The number of H-pyrrole nitrogens is 1. The predicted octanol–water partition coefficient (Wildman–Crippen LogP) is 2.03. The molecule has 0 saturated carbocycles. The van der Waals surface area contributed by atoms with Gasteiger partial charge in [-0.25, -0.2) is 18.1 Å². The number of nitrogens with zero attached hydrogens (tertiary/aromatic N) is 1. The van der Waals surface area contributed by atoms with Crippen LogP contribution in [0.1, 0.15) is 17.1 Å². The molecule has 108 valence electrons. The van der Waals surface area contributed by atoms with E-state index in [0.717, 1.165) is 11.5 Å². The van der Waals surface area contributed by atoms with E-state index in [4.69, 9.17) is 11.6 Å². The number of sulfonamides is 1. The first-order valence-electron chi connectivity index (χ1n) is 6.17. The SMILES string of the molecule is Cc1ncc(CCNS(=O)(=O)Cc2ccccc2Cl)[nH]1. The fourth-order valence-electron chi connectivity index (χ4n) is 1.81. The summed E-state index contributed by atoms with van der Waals surface area (Å²) in [6.07, 6.45) is 2.28. The molecule has 2 N–H and O–H groups in total. The summed E-state index contributed by atoms with van der Waals surface area (Å²) in [5.74, 6) is 0.702. The molecule has 20 heavy (non-hydrogen) atoms. The minimum Gasteiger partial charge on any atom is -0.346 e. The fourth-order valence-corrected chi connectivity index (χ4v) is 3.27. The van der Waals surface area contributed by atoms with E-state index < -0.39 is 10.0 Å². The lowest BCUT2D eigenvalue weighted by Crippen LogP contribution is -2.27. The van der Waals surface area contributed by atoms with E-state index in [2.05, 4.69) is 14.7 Å². The van der Waals surface area contributed by atoms with Crippen molar-refractivity contribution in [1.82, 2.24) is 14.7 Å². The van der Waals surface area contributed by atoms with Crippen LogP contribution in [-0.4, -0.2) is 24.9 Å². The zero-order chi connectivity index (χ0) is 14.6. The van der Waals surface area contributed by atoms with Crippen molar-refractivity contribution < 1.29 is 8.42 Å². The topological polar surface area (TPSA) is 74.8 Å². The van der Waals surface area contributed by atoms with Crippen LogP contribution in [0.15, 0.2) is 30.5 Å². The molecule has 0 saturated heterocycles. The molecule has 5 nitrogen and oxygen atoms in total. The molecule has 0 aliphatic rings. The average Bonchev–Trinajstić information content (AvgIpc) is 2.77. The number of aromatic amines is 1. The number of hydrogen-bond donors (Lipinski definition) is 2. The Kier molecular flexibility index (Phi) is 4.80. The quantitative estimate of drug-likeness (QED) is 0.857. The van der Waals surface area contributed by atoms with E-state index in [-0.39, 0.29) is 5.75 Å². The minimum absolute atomic E-state index is 0.116. The first-order valence-corrected chi connectivity index (χ1v) is 8.20. The molecule has 2 rings (SSSR count). The van der Waals surface area contributed by atoms with Gasteiger partial charge in [-0.1, -0.05) is 29.8 Å². The summed E-state index contributed by atoms with van der Waals surface area (Å²) in [6, 6.07) is 6.93. The average molecular weight is 314 g/mol. The number of benzene rings is 1. The van der Waals surface area contributed by atoms with E-state index >= 15 is 0 Å². The van der Waals surface area contributed by atoms with Gasteiger partial charge < -0.3 is 4.98 Å². The molecule has 1 heterocycles. The van der Waals surface area contributed by atoms with Crippen molar-refractivity contribution in [2.45, 2.75) is 19.1 Å². The van der Waals surface area contributed by atoms with Crippen LogP contribution in [0.4, 0.5) is 0 Å². The summed E-state index contributed by atoms with van der Waals surface area (Å²) in [6.45, 7) is 2.18. The third-order valence-corrected chi connectivity index (χ3v) is 4.48. The first kappa shape index (κ1) is 15.0. The molecule has 0 amide bonds. The van der Waals surface area contributed by atoms with Crippen LogP contribution >= 0.6 is 11.6 Å². The lowest BCUT2D eigenvalue weighted by atomic mass is 10.2. The molecule has 1 aromatic carbocycles. The molecule has 2 aromatic rings. The molecule has 0 aliphatic heterocycles. The zero-order valence-corrected chi connectivity index (χ0v) is 12.6. The molecule has 0 fully saturated rings. The monoisotopic (exact) mass is 313 g/mol. The smallest absolute Gasteiger partial charge is 0.215 e. The molecular formula is C13H16ClN3O2S. The lowest BCUT2D eigenvalue weighted by Gasteiger charge is -2.07. The molecule has 0 radical (unpaired) electrons. The highest BCUT2D eigenvalue weighted by Crippen LogP contribution is 2.17. The third-order valence-electron chi connectivity index (χ3n) is 2.78. The second-order valence-corrected chi connectivity index (χ2v) is 6.70. The fraction of sp³-hybridized carbons (Fsp3) is 0.308. The number of rotatable bonds is 6. The Hall–Kier alpha value is -1.37. The van der Waals surface area contributed by atoms with Gasteiger partial charge in [-0.05, 0) is 18.6 Å². The highest BCUT2D eigenvalue weighted by molar-refractivity contribution is 7.88. The number of hydrogen-bond acceptors (Lipinski definition) is 3. The van der Waals surface area contributed by atoms with Crippen molar-refractivity contribution in [2.75, 3.05) is 6.54 Å². The summed E-state index contributed by atoms with van der Waals surface area (Å²) in [7, 11) is -3.39. The zero-order valence-electron chi connectivity index (χ0n) is 11.1. The van der Waals surface area contributed by atoms with Crippen molar-refractivity contribution in [2.24, 2.45) is 0 Å². The van der Waals surface area contributed by atoms with Gasteiger partial charge in [0, 0.05) is 29.9 Å². The number of halogens is 1. The number of nitrogens with one attached hydrogen (secondary N) is 2. The minimum atomic E-state index is -3.39. The maximum absolute atomic E-state index is 12.0. The van der Waals surface area contributed by atoms with Gasteiger partial charge in [0.1, 0.15) is 5.82 Å². The van der Waals surface area contributed by atoms with Gasteiger partial charge in [0.25, 0.3) is 0 Å². The van der Waals surface area contributed by atoms with E-state index in [1.165, 1.54) is 0 Å². The van der Waals surface area contributed by atoms with Gasteiger partial charge in [-0.3, -0.25) is 0 Å². The lowest BCUT2D eigenvalue weighted by molar-refractivity contribution is 0.580. The Morgan fingerprint density at radius 1 is 1.35 bits per heavy atom. The molecule has 0 atom stereocenters. The van der Waals surface area contributed by atoms with Crippen LogP contribution in [0.25, 0.3) is 0 Å². The second kappa shape index (κ2) is 6.39. The molecule has 7 heteroatoms. The normalized spacial score (nSPS) is 11.7. The molecule has 0 bridgehead atoms. The Morgan fingerprint density at radius 3 is 2.75 bits per heavy atom. The number of aromatic nitrogens is 2. The van der Waals surface area contributed by atoms with Gasteiger partial charge in [0.05, 0.1) is 5.75 Å². The Morgan fingerprint density at radius 2 is 2.10 bits per heavy atom. The van der Waals surface area contributed by atoms with E-state index in [1.54, 1.807) is 30.5 Å². The van der Waals surface area contributed by atoms with Gasteiger partial charge in [-0.2, -0.15) is 0 Å². The highest BCUT2D eigenvalue weighted by atomic mass is 35.5. The summed E-state index contributed by atoms with van der Waals surface area (Å²) in [4.78, 5) is 7.11. The summed E-state index contributed by atoms with van der Waals surface area (Å²) >= 11 is 5.96. The van der Waals surface area contributed by atoms with Crippen molar-refractivity contribution in [3.63, 3.8) is 0 Å². The number of imidazole rings is 1. The molecule has 1 aromatic heterocycles. The van der Waals surface area contributed by atoms with Crippen molar-refractivity contribution in [3.8, 4) is 0 Å². The largest absolute Gasteiger partial charge is 0.346 e.